The average molecular weight is 362 g/mol. The van der Waals surface area contributed by atoms with Crippen molar-refractivity contribution in [1.29, 1.82) is 0 Å². The first-order valence-corrected chi connectivity index (χ1v) is 9.40. The van der Waals surface area contributed by atoms with E-state index in [1.807, 2.05) is 0 Å². The van der Waals surface area contributed by atoms with E-state index in [-0.39, 0.29) is 11.7 Å². The summed E-state index contributed by atoms with van der Waals surface area (Å²) in [6.45, 7) is 7.42. The van der Waals surface area contributed by atoms with E-state index in [4.69, 9.17) is 0 Å². The van der Waals surface area contributed by atoms with Gasteiger partial charge in [0.2, 0.25) is 5.01 Å². The molecule has 1 atom stereocenters. The maximum Gasteiger partial charge on any atom is 0.286 e. The molecule has 1 heterocycles. The van der Waals surface area contributed by atoms with Crippen LogP contribution in [0.15, 0.2) is 24.3 Å². The number of rotatable bonds is 7. The molecule has 1 amide bonds. The van der Waals surface area contributed by atoms with Crippen LogP contribution in [0.2, 0.25) is 0 Å². The van der Waals surface area contributed by atoms with Gasteiger partial charge in [-0.1, -0.05) is 25.2 Å². The molecule has 2 aromatic rings. The summed E-state index contributed by atoms with van der Waals surface area (Å²) < 4.78 is 12.9. The van der Waals surface area contributed by atoms with E-state index in [2.05, 4.69) is 41.2 Å². The van der Waals surface area contributed by atoms with Gasteiger partial charge in [-0.15, -0.1) is 10.2 Å². The molecular weight excluding hydrogens is 339 g/mol. The molecular formula is C18H23FN4OS. The van der Waals surface area contributed by atoms with Gasteiger partial charge >= 0.3 is 0 Å². The summed E-state index contributed by atoms with van der Waals surface area (Å²) in [5, 5.41) is 12.1. The number of aromatic nitrogens is 2. The monoisotopic (exact) mass is 362 g/mol. The number of hydrogen-bond donors (Lipinski definition) is 1. The van der Waals surface area contributed by atoms with Gasteiger partial charge in [0, 0.05) is 17.8 Å². The second-order valence-electron chi connectivity index (χ2n) is 6.85. The van der Waals surface area contributed by atoms with Crippen molar-refractivity contribution in [2.75, 3.05) is 5.32 Å². The fourth-order valence-electron chi connectivity index (χ4n) is 2.68. The average Bonchev–Trinajstić information content (AvgIpc) is 3.32. The third kappa shape index (κ3) is 4.61. The van der Waals surface area contributed by atoms with Gasteiger partial charge in [0.15, 0.2) is 0 Å². The van der Waals surface area contributed by atoms with E-state index in [9.17, 15) is 9.18 Å². The van der Waals surface area contributed by atoms with Crippen molar-refractivity contribution in [2.24, 2.45) is 5.92 Å². The molecule has 1 aromatic heterocycles. The van der Waals surface area contributed by atoms with Gasteiger partial charge in [0.1, 0.15) is 10.8 Å². The largest absolute Gasteiger partial charge is 0.320 e. The number of carbonyl (C=O) groups is 1. The van der Waals surface area contributed by atoms with Crippen molar-refractivity contribution in [1.82, 2.24) is 15.1 Å². The molecule has 1 aliphatic rings. The summed E-state index contributed by atoms with van der Waals surface area (Å²) in [5.74, 6) is -0.0874. The predicted molar refractivity (Wildman–Crippen MR) is 97.1 cm³/mol. The van der Waals surface area contributed by atoms with Crippen LogP contribution in [0.1, 0.15) is 48.4 Å². The summed E-state index contributed by atoms with van der Waals surface area (Å²) in [4.78, 5) is 14.7. The smallest absolute Gasteiger partial charge is 0.286 e. The number of halogens is 1. The molecule has 1 aliphatic carbocycles. The first kappa shape index (κ1) is 17.9. The van der Waals surface area contributed by atoms with E-state index >= 15 is 0 Å². The zero-order valence-electron chi connectivity index (χ0n) is 14.7. The van der Waals surface area contributed by atoms with Crippen molar-refractivity contribution < 1.29 is 9.18 Å². The zero-order chi connectivity index (χ0) is 18.0. The van der Waals surface area contributed by atoms with Crippen LogP contribution in [0.5, 0.6) is 0 Å². The van der Waals surface area contributed by atoms with Gasteiger partial charge in [-0.25, -0.2) is 4.39 Å². The third-order valence-electron chi connectivity index (χ3n) is 4.58. The van der Waals surface area contributed by atoms with Crippen LogP contribution in [0.3, 0.4) is 0 Å². The third-order valence-corrected chi connectivity index (χ3v) is 5.49. The Morgan fingerprint density at radius 1 is 1.28 bits per heavy atom. The maximum absolute atomic E-state index is 12.9. The fourth-order valence-corrected chi connectivity index (χ4v) is 3.42. The molecule has 0 spiro atoms. The molecule has 0 radical (unpaired) electrons. The van der Waals surface area contributed by atoms with Crippen molar-refractivity contribution in [3.63, 3.8) is 0 Å². The van der Waals surface area contributed by atoms with Gasteiger partial charge < -0.3 is 5.32 Å². The first-order chi connectivity index (χ1) is 11.9. The summed E-state index contributed by atoms with van der Waals surface area (Å²) in [5.41, 5.74) is 0.538. The van der Waals surface area contributed by atoms with Crippen molar-refractivity contribution in [3.05, 3.63) is 40.1 Å². The SMILES string of the molecule is CC(C)[C@@H](C)N(Cc1nnc(C(=O)Nc2ccc(F)cc2)s1)C1CC1. The molecule has 1 fully saturated rings. The van der Waals surface area contributed by atoms with Crippen LogP contribution in [0.4, 0.5) is 10.1 Å². The Balaban J connectivity index is 1.64. The first-order valence-electron chi connectivity index (χ1n) is 8.59. The maximum atomic E-state index is 12.9. The minimum atomic E-state index is -0.337. The van der Waals surface area contributed by atoms with E-state index in [0.29, 0.717) is 28.7 Å². The summed E-state index contributed by atoms with van der Waals surface area (Å²) in [6.07, 6.45) is 2.46. The highest BCUT2D eigenvalue weighted by Crippen LogP contribution is 2.32. The lowest BCUT2D eigenvalue weighted by atomic mass is 10.0. The number of carbonyl (C=O) groups excluding carboxylic acids is 1. The van der Waals surface area contributed by atoms with Gasteiger partial charge in [0.25, 0.3) is 5.91 Å². The van der Waals surface area contributed by atoms with Gasteiger partial charge in [-0.05, 0) is 49.9 Å². The van der Waals surface area contributed by atoms with Crippen LogP contribution < -0.4 is 5.32 Å². The van der Waals surface area contributed by atoms with E-state index in [0.717, 1.165) is 11.6 Å². The Morgan fingerprint density at radius 2 is 1.96 bits per heavy atom. The second-order valence-corrected chi connectivity index (χ2v) is 7.91. The minimum Gasteiger partial charge on any atom is -0.320 e. The number of anilines is 1. The summed E-state index contributed by atoms with van der Waals surface area (Å²) in [6, 6.07) is 6.75. The number of benzene rings is 1. The number of nitrogens with one attached hydrogen (secondary N) is 1. The molecule has 0 saturated heterocycles. The number of nitrogens with zero attached hydrogens (tertiary/aromatic N) is 3. The van der Waals surface area contributed by atoms with Gasteiger partial charge in [0.05, 0.1) is 6.54 Å². The molecule has 134 valence electrons. The quantitative estimate of drug-likeness (QED) is 0.810. The second kappa shape index (κ2) is 7.58. The lowest BCUT2D eigenvalue weighted by Gasteiger charge is -2.30. The van der Waals surface area contributed by atoms with Crippen LogP contribution in [-0.2, 0) is 6.54 Å². The highest BCUT2D eigenvalue weighted by atomic mass is 32.1. The predicted octanol–water partition coefficient (Wildman–Crippen LogP) is 3.94. The molecule has 1 aromatic carbocycles. The number of amides is 1. The molecule has 1 N–H and O–H groups in total. The van der Waals surface area contributed by atoms with E-state index < -0.39 is 0 Å². The minimum absolute atomic E-state index is 0.315. The Hall–Kier alpha value is -1.86. The fraction of sp³-hybridized carbons (Fsp3) is 0.500. The zero-order valence-corrected chi connectivity index (χ0v) is 15.5. The lowest BCUT2D eigenvalue weighted by Crippen LogP contribution is -2.37. The Kier molecular flexibility index (Phi) is 5.44. The molecule has 25 heavy (non-hydrogen) atoms. The Bertz CT molecular complexity index is 727. The standard InChI is InChI=1S/C18H23FN4OS/c1-11(2)12(3)23(15-8-9-15)10-16-21-22-18(25-16)17(24)20-14-6-4-13(19)5-7-14/h4-7,11-12,15H,8-10H2,1-3H3,(H,20,24)/t12-/m1/s1. The van der Waals surface area contributed by atoms with Gasteiger partial charge in [-0.3, -0.25) is 9.69 Å². The highest BCUT2D eigenvalue weighted by Gasteiger charge is 2.34. The summed E-state index contributed by atoms with van der Waals surface area (Å²) in [7, 11) is 0. The normalized spacial score (nSPS) is 15.6. The van der Waals surface area contributed by atoms with Gasteiger partial charge in [-0.2, -0.15) is 0 Å². The molecule has 5 nitrogen and oxygen atoms in total. The molecule has 0 aliphatic heterocycles. The molecule has 3 rings (SSSR count). The Labute approximate surface area is 151 Å². The topological polar surface area (TPSA) is 58.1 Å². The number of hydrogen-bond acceptors (Lipinski definition) is 5. The molecule has 1 saturated carbocycles. The van der Waals surface area contributed by atoms with Crippen LogP contribution in [0, 0.1) is 11.7 Å². The van der Waals surface area contributed by atoms with Crippen LogP contribution in [-0.4, -0.2) is 33.1 Å². The summed E-state index contributed by atoms with van der Waals surface area (Å²) >= 11 is 1.32. The highest BCUT2D eigenvalue weighted by molar-refractivity contribution is 7.13. The molecule has 7 heteroatoms. The van der Waals surface area contributed by atoms with Crippen LogP contribution in [0.25, 0.3) is 0 Å². The van der Waals surface area contributed by atoms with E-state index in [1.165, 1.54) is 48.4 Å². The van der Waals surface area contributed by atoms with E-state index in [1.54, 1.807) is 0 Å². The van der Waals surface area contributed by atoms with Crippen LogP contribution >= 0.6 is 11.3 Å². The lowest BCUT2D eigenvalue weighted by molar-refractivity contribution is 0.102. The Morgan fingerprint density at radius 3 is 2.56 bits per heavy atom. The van der Waals surface area contributed by atoms with Crippen molar-refractivity contribution in [3.8, 4) is 0 Å². The molecule has 0 unspecified atom stereocenters. The molecule has 0 bridgehead atoms. The van der Waals surface area contributed by atoms with Crippen molar-refractivity contribution in [2.45, 2.75) is 52.2 Å². The van der Waals surface area contributed by atoms with Crippen molar-refractivity contribution >= 4 is 22.9 Å².